The zero-order valence-corrected chi connectivity index (χ0v) is 10.9. The predicted molar refractivity (Wildman–Crippen MR) is 72.3 cm³/mol. The molecule has 2 aromatic rings. The van der Waals surface area contributed by atoms with Crippen molar-refractivity contribution in [2.45, 2.75) is 13.5 Å². The molecule has 0 atom stereocenters. The van der Waals surface area contributed by atoms with Crippen molar-refractivity contribution in [1.29, 1.82) is 0 Å². The second-order valence-corrected chi connectivity index (χ2v) is 4.41. The Balaban J connectivity index is 2.15. The first-order valence-corrected chi connectivity index (χ1v) is 5.88. The number of nitrogens with zero attached hydrogens (tertiary/aromatic N) is 3. The highest BCUT2D eigenvalue weighted by atomic mass is 16.4. The summed E-state index contributed by atoms with van der Waals surface area (Å²) >= 11 is 0. The van der Waals surface area contributed by atoms with Crippen LogP contribution in [0.4, 0.5) is 5.82 Å². The van der Waals surface area contributed by atoms with E-state index < -0.39 is 5.97 Å². The van der Waals surface area contributed by atoms with Crippen LogP contribution in [0.2, 0.25) is 0 Å². The third-order valence-corrected chi connectivity index (χ3v) is 2.77. The van der Waals surface area contributed by atoms with Gasteiger partial charge < -0.3 is 10.0 Å². The van der Waals surface area contributed by atoms with E-state index in [1.807, 2.05) is 43.1 Å². The van der Waals surface area contributed by atoms with Gasteiger partial charge in [0.2, 0.25) is 0 Å². The van der Waals surface area contributed by atoms with Crippen molar-refractivity contribution < 1.29 is 9.90 Å². The van der Waals surface area contributed by atoms with Gasteiger partial charge in [-0.1, -0.05) is 29.8 Å². The van der Waals surface area contributed by atoms with Crippen LogP contribution in [0.15, 0.2) is 36.7 Å². The summed E-state index contributed by atoms with van der Waals surface area (Å²) in [5.74, 6) is -0.529. The molecule has 19 heavy (non-hydrogen) atoms. The number of aromatic nitrogens is 2. The molecular formula is C14H15N3O2. The number of hydrogen-bond donors (Lipinski definition) is 1. The van der Waals surface area contributed by atoms with E-state index in [9.17, 15) is 4.79 Å². The summed E-state index contributed by atoms with van der Waals surface area (Å²) in [6.07, 6.45) is 2.80. The van der Waals surface area contributed by atoms with Crippen LogP contribution < -0.4 is 4.90 Å². The minimum Gasteiger partial charge on any atom is -0.476 e. The van der Waals surface area contributed by atoms with Gasteiger partial charge in [-0.05, 0) is 12.5 Å². The lowest BCUT2D eigenvalue weighted by atomic mass is 10.1. The van der Waals surface area contributed by atoms with Crippen LogP contribution in [-0.2, 0) is 6.54 Å². The summed E-state index contributed by atoms with van der Waals surface area (Å²) in [6.45, 7) is 2.69. The van der Waals surface area contributed by atoms with E-state index in [0.717, 1.165) is 5.56 Å². The van der Waals surface area contributed by atoms with Gasteiger partial charge in [0, 0.05) is 13.6 Å². The molecule has 5 nitrogen and oxygen atoms in total. The topological polar surface area (TPSA) is 66.3 Å². The molecule has 0 aliphatic carbocycles. The fourth-order valence-corrected chi connectivity index (χ4v) is 1.69. The Hall–Kier alpha value is -2.43. The summed E-state index contributed by atoms with van der Waals surface area (Å²) in [5.41, 5.74) is 2.29. The van der Waals surface area contributed by atoms with Crippen molar-refractivity contribution in [2.75, 3.05) is 11.9 Å². The first kappa shape index (κ1) is 13.0. The zero-order chi connectivity index (χ0) is 13.8. The highest BCUT2D eigenvalue weighted by Gasteiger charge is 2.09. The largest absolute Gasteiger partial charge is 0.476 e. The average molecular weight is 257 g/mol. The van der Waals surface area contributed by atoms with Crippen molar-refractivity contribution in [2.24, 2.45) is 0 Å². The third kappa shape index (κ3) is 3.28. The molecule has 1 aromatic heterocycles. The summed E-state index contributed by atoms with van der Waals surface area (Å²) < 4.78 is 0. The number of carboxylic acid groups (broad SMARTS) is 1. The summed E-state index contributed by atoms with van der Waals surface area (Å²) in [7, 11) is 1.86. The fraction of sp³-hybridized carbons (Fsp3) is 0.214. The maximum Gasteiger partial charge on any atom is 0.356 e. The Morgan fingerprint density at radius 1 is 1.26 bits per heavy atom. The lowest BCUT2D eigenvalue weighted by molar-refractivity contribution is 0.0690. The number of rotatable bonds is 4. The first-order valence-electron chi connectivity index (χ1n) is 5.88. The second-order valence-electron chi connectivity index (χ2n) is 4.41. The van der Waals surface area contributed by atoms with Gasteiger partial charge in [0.15, 0.2) is 5.69 Å². The van der Waals surface area contributed by atoms with E-state index in [0.29, 0.717) is 12.4 Å². The van der Waals surface area contributed by atoms with Crippen molar-refractivity contribution >= 4 is 11.8 Å². The highest BCUT2D eigenvalue weighted by molar-refractivity contribution is 5.85. The van der Waals surface area contributed by atoms with Crippen LogP contribution >= 0.6 is 0 Å². The third-order valence-electron chi connectivity index (χ3n) is 2.77. The number of carboxylic acids is 1. The van der Waals surface area contributed by atoms with E-state index in [4.69, 9.17) is 5.11 Å². The van der Waals surface area contributed by atoms with Crippen molar-refractivity contribution in [1.82, 2.24) is 9.97 Å². The molecule has 0 aliphatic rings. The number of benzene rings is 1. The molecular weight excluding hydrogens is 242 g/mol. The number of anilines is 1. The van der Waals surface area contributed by atoms with Crippen LogP contribution in [0.25, 0.3) is 0 Å². The molecule has 0 saturated carbocycles. The maximum atomic E-state index is 10.9. The first-order chi connectivity index (χ1) is 9.06. The van der Waals surface area contributed by atoms with Crippen LogP contribution in [0.3, 0.4) is 0 Å². The predicted octanol–water partition coefficient (Wildman–Crippen LogP) is 2.12. The number of aryl methyl sites for hydroxylation is 1. The molecule has 0 aliphatic heterocycles. The zero-order valence-electron chi connectivity index (χ0n) is 10.9. The Morgan fingerprint density at radius 3 is 2.58 bits per heavy atom. The number of hydrogen-bond acceptors (Lipinski definition) is 4. The van der Waals surface area contributed by atoms with Gasteiger partial charge in [-0.25, -0.2) is 9.78 Å². The van der Waals surface area contributed by atoms with Gasteiger partial charge in [-0.3, -0.25) is 4.98 Å². The Labute approximate surface area is 111 Å². The Kier molecular flexibility index (Phi) is 3.75. The second kappa shape index (κ2) is 5.48. The van der Waals surface area contributed by atoms with E-state index in [2.05, 4.69) is 9.97 Å². The van der Waals surface area contributed by atoms with Crippen molar-refractivity contribution in [3.8, 4) is 0 Å². The molecule has 1 aromatic carbocycles. The molecule has 0 bridgehead atoms. The molecule has 98 valence electrons. The van der Waals surface area contributed by atoms with Crippen LogP contribution in [0, 0.1) is 6.92 Å². The van der Waals surface area contributed by atoms with Gasteiger partial charge in [-0.2, -0.15) is 0 Å². The molecule has 2 rings (SSSR count). The fourth-order valence-electron chi connectivity index (χ4n) is 1.69. The minimum atomic E-state index is -1.07. The standard InChI is InChI=1S/C14H15N3O2/c1-10-3-5-11(6-4-10)9-17(2)13-8-15-7-12(16-13)14(18)19/h3-8H,9H2,1-2H3,(H,18,19). The number of carbonyl (C=O) groups is 1. The van der Waals surface area contributed by atoms with E-state index >= 15 is 0 Å². The molecule has 0 radical (unpaired) electrons. The van der Waals surface area contributed by atoms with Gasteiger partial charge in [-0.15, -0.1) is 0 Å². The van der Waals surface area contributed by atoms with E-state index in [1.165, 1.54) is 11.8 Å². The maximum absolute atomic E-state index is 10.9. The summed E-state index contributed by atoms with van der Waals surface area (Å²) in [4.78, 5) is 20.7. The molecule has 0 saturated heterocycles. The molecule has 0 unspecified atom stereocenters. The molecule has 0 spiro atoms. The van der Waals surface area contributed by atoms with Gasteiger partial charge in [0.05, 0.1) is 12.4 Å². The van der Waals surface area contributed by atoms with E-state index in [-0.39, 0.29) is 5.69 Å². The smallest absolute Gasteiger partial charge is 0.356 e. The SMILES string of the molecule is Cc1ccc(CN(C)c2cncc(C(=O)O)n2)cc1. The molecule has 0 amide bonds. The average Bonchev–Trinajstić information content (AvgIpc) is 2.41. The van der Waals surface area contributed by atoms with Crippen molar-refractivity contribution in [3.63, 3.8) is 0 Å². The molecule has 0 fully saturated rings. The highest BCUT2D eigenvalue weighted by Crippen LogP contribution is 2.12. The van der Waals surface area contributed by atoms with Gasteiger partial charge >= 0.3 is 5.97 Å². The van der Waals surface area contributed by atoms with Gasteiger partial charge in [0.1, 0.15) is 5.82 Å². The van der Waals surface area contributed by atoms with Crippen LogP contribution in [-0.4, -0.2) is 28.1 Å². The summed E-state index contributed by atoms with van der Waals surface area (Å²) in [6, 6.07) is 8.17. The number of aromatic carboxylic acids is 1. The van der Waals surface area contributed by atoms with Gasteiger partial charge in [0.25, 0.3) is 0 Å². The molecule has 1 heterocycles. The van der Waals surface area contributed by atoms with Crippen LogP contribution in [0.5, 0.6) is 0 Å². The lowest BCUT2D eigenvalue weighted by Gasteiger charge is -2.18. The normalized spacial score (nSPS) is 10.2. The Morgan fingerprint density at radius 2 is 1.95 bits per heavy atom. The minimum absolute atomic E-state index is 0.0479. The summed E-state index contributed by atoms with van der Waals surface area (Å²) in [5, 5.41) is 8.89. The molecule has 1 N–H and O–H groups in total. The van der Waals surface area contributed by atoms with Crippen LogP contribution in [0.1, 0.15) is 21.6 Å². The lowest BCUT2D eigenvalue weighted by Crippen LogP contribution is -2.19. The Bertz CT molecular complexity index is 581. The molecule has 5 heteroatoms. The van der Waals surface area contributed by atoms with E-state index in [1.54, 1.807) is 6.20 Å². The van der Waals surface area contributed by atoms with Crippen molar-refractivity contribution in [3.05, 3.63) is 53.5 Å². The quantitative estimate of drug-likeness (QED) is 0.908. The monoisotopic (exact) mass is 257 g/mol.